The lowest BCUT2D eigenvalue weighted by atomic mass is 10.2. The standard InChI is InChI=1S/C12H16ClNO3/c1-4-14(8(2)12(15)16)10-7-9(13)5-6-11(10)17-3/h5-8H,4H2,1-3H3,(H,15,16)/t8-/m0/s1. The smallest absolute Gasteiger partial charge is 0.326 e. The van der Waals surface area contributed by atoms with E-state index in [1.54, 1.807) is 37.1 Å². The highest BCUT2D eigenvalue weighted by molar-refractivity contribution is 6.31. The fourth-order valence-corrected chi connectivity index (χ4v) is 1.84. The van der Waals surface area contributed by atoms with Crippen LogP contribution in [0.25, 0.3) is 0 Å². The molecule has 1 rings (SSSR count). The number of benzene rings is 1. The number of carbonyl (C=O) groups is 1. The van der Waals surface area contributed by atoms with Gasteiger partial charge in [0.2, 0.25) is 0 Å². The van der Waals surface area contributed by atoms with Crippen LogP contribution in [0.15, 0.2) is 18.2 Å². The Morgan fingerprint density at radius 3 is 2.71 bits per heavy atom. The Hall–Kier alpha value is -1.42. The lowest BCUT2D eigenvalue weighted by Gasteiger charge is -2.28. The van der Waals surface area contributed by atoms with E-state index in [1.807, 2.05) is 6.92 Å². The van der Waals surface area contributed by atoms with Gasteiger partial charge in [0.05, 0.1) is 12.8 Å². The molecule has 1 N–H and O–H groups in total. The highest BCUT2D eigenvalue weighted by atomic mass is 35.5. The van der Waals surface area contributed by atoms with Gasteiger partial charge in [-0.05, 0) is 32.0 Å². The summed E-state index contributed by atoms with van der Waals surface area (Å²) >= 11 is 5.93. The van der Waals surface area contributed by atoms with Crippen LogP contribution in [0.5, 0.6) is 5.75 Å². The van der Waals surface area contributed by atoms with Gasteiger partial charge >= 0.3 is 5.97 Å². The first kappa shape index (κ1) is 13.6. The Morgan fingerprint density at radius 2 is 2.24 bits per heavy atom. The third-order valence-electron chi connectivity index (χ3n) is 2.62. The van der Waals surface area contributed by atoms with Gasteiger partial charge in [0, 0.05) is 11.6 Å². The van der Waals surface area contributed by atoms with E-state index < -0.39 is 12.0 Å². The lowest BCUT2D eigenvalue weighted by Crippen LogP contribution is -2.39. The molecule has 0 spiro atoms. The van der Waals surface area contributed by atoms with E-state index in [9.17, 15) is 4.79 Å². The maximum atomic E-state index is 11.0. The average Bonchev–Trinajstić information content (AvgIpc) is 2.30. The number of ether oxygens (including phenoxy) is 1. The van der Waals surface area contributed by atoms with E-state index in [-0.39, 0.29) is 0 Å². The van der Waals surface area contributed by atoms with E-state index in [4.69, 9.17) is 21.4 Å². The molecule has 1 atom stereocenters. The zero-order valence-electron chi connectivity index (χ0n) is 10.1. The van der Waals surface area contributed by atoms with E-state index in [0.717, 1.165) is 0 Å². The van der Waals surface area contributed by atoms with Crippen LogP contribution in [-0.2, 0) is 4.79 Å². The molecule has 0 saturated heterocycles. The molecule has 4 nitrogen and oxygen atoms in total. The van der Waals surface area contributed by atoms with Crippen molar-refractivity contribution < 1.29 is 14.6 Å². The number of hydrogen-bond donors (Lipinski definition) is 1. The maximum absolute atomic E-state index is 11.0. The molecule has 5 heteroatoms. The number of halogens is 1. The molecule has 0 amide bonds. The third kappa shape index (κ3) is 3.03. The molecule has 0 heterocycles. The van der Waals surface area contributed by atoms with E-state index in [1.165, 1.54) is 0 Å². The fourth-order valence-electron chi connectivity index (χ4n) is 1.67. The molecule has 1 aromatic rings. The van der Waals surface area contributed by atoms with Crippen molar-refractivity contribution >= 4 is 23.3 Å². The molecule has 0 unspecified atom stereocenters. The first-order valence-corrected chi connectivity index (χ1v) is 5.72. The van der Waals surface area contributed by atoms with Crippen molar-refractivity contribution in [1.82, 2.24) is 0 Å². The number of hydrogen-bond acceptors (Lipinski definition) is 3. The van der Waals surface area contributed by atoms with Crippen LogP contribution in [-0.4, -0.2) is 30.8 Å². The molecule has 0 aliphatic heterocycles. The quantitative estimate of drug-likeness (QED) is 0.881. The topological polar surface area (TPSA) is 49.8 Å². The van der Waals surface area contributed by atoms with E-state index >= 15 is 0 Å². The number of carboxylic acid groups (broad SMARTS) is 1. The summed E-state index contributed by atoms with van der Waals surface area (Å²) in [6.07, 6.45) is 0. The molecule has 0 saturated carbocycles. The zero-order chi connectivity index (χ0) is 13.0. The van der Waals surface area contributed by atoms with Gasteiger partial charge in [0.25, 0.3) is 0 Å². The summed E-state index contributed by atoms with van der Waals surface area (Å²) < 4.78 is 5.22. The van der Waals surface area contributed by atoms with Crippen LogP contribution < -0.4 is 9.64 Å². The summed E-state index contributed by atoms with van der Waals surface area (Å²) in [4.78, 5) is 12.8. The summed E-state index contributed by atoms with van der Waals surface area (Å²) in [5.41, 5.74) is 0.692. The van der Waals surface area contributed by atoms with Crippen molar-refractivity contribution in [2.75, 3.05) is 18.6 Å². The Kier molecular flexibility index (Phi) is 4.63. The molecular weight excluding hydrogens is 242 g/mol. The second kappa shape index (κ2) is 5.77. The number of rotatable bonds is 5. The number of carboxylic acids is 1. The summed E-state index contributed by atoms with van der Waals surface area (Å²) in [7, 11) is 1.55. The second-order valence-electron chi connectivity index (χ2n) is 3.62. The predicted octanol–water partition coefficient (Wildman–Crippen LogP) is 2.65. The first-order valence-electron chi connectivity index (χ1n) is 5.34. The van der Waals surface area contributed by atoms with Crippen molar-refractivity contribution in [3.8, 4) is 5.75 Å². The number of aliphatic carboxylic acids is 1. The number of likely N-dealkylation sites (N-methyl/N-ethyl adjacent to an activating group) is 1. The van der Waals surface area contributed by atoms with Crippen molar-refractivity contribution in [3.63, 3.8) is 0 Å². The van der Waals surface area contributed by atoms with E-state index in [2.05, 4.69) is 0 Å². The van der Waals surface area contributed by atoms with Gasteiger partial charge in [-0.1, -0.05) is 11.6 Å². The fraction of sp³-hybridized carbons (Fsp3) is 0.417. The van der Waals surface area contributed by atoms with Gasteiger partial charge in [-0.3, -0.25) is 0 Å². The summed E-state index contributed by atoms with van der Waals surface area (Å²) in [5, 5.41) is 9.61. The molecular formula is C12H16ClNO3. The van der Waals surface area contributed by atoms with Crippen LogP contribution in [0.3, 0.4) is 0 Å². The Morgan fingerprint density at radius 1 is 1.59 bits per heavy atom. The molecule has 17 heavy (non-hydrogen) atoms. The van der Waals surface area contributed by atoms with Gasteiger partial charge in [-0.15, -0.1) is 0 Å². The highest BCUT2D eigenvalue weighted by Crippen LogP contribution is 2.32. The first-order chi connectivity index (χ1) is 8.01. The minimum Gasteiger partial charge on any atom is -0.495 e. The van der Waals surface area contributed by atoms with Gasteiger partial charge < -0.3 is 14.7 Å². The molecule has 0 bridgehead atoms. The van der Waals surface area contributed by atoms with Gasteiger partial charge in [-0.2, -0.15) is 0 Å². The van der Waals surface area contributed by atoms with E-state index in [0.29, 0.717) is 23.0 Å². The SMILES string of the molecule is CCN(c1cc(Cl)ccc1OC)[C@@H](C)C(=O)O. The minimum atomic E-state index is -0.881. The summed E-state index contributed by atoms with van der Waals surface area (Å²) in [5.74, 6) is -0.266. The van der Waals surface area contributed by atoms with Crippen LogP contribution >= 0.6 is 11.6 Å². The number of methoxy groups -OCH3 is 1. The van der Waals surface area contributed by atoms with Crippen molar-refractivity contribution in [2.45, 2.75) is 19.9 Å². The van der Waals surface area contributed by atoms with Crippen LogP contribution in [0.2, 0.25) is 5.02 Å². The second-order valence-corrected chi connectivity index (χ2v) is 4.05. The average molecular weight is 258 g/mol. The highest BCUT2D eigenvalue weighted by Gasteiger charge is 2.22. The molecule has 0 aliphatic carbocycles. The lowest BCUT2D eigenvalue weighted by molar-refractivity contribution is -0.138. The number of anilines is 1. The maximum Gasteiger partial charge on any atom is 0.326 e. The number of nitrogens with zero attached hydrogens (tertiary/aromatic N) is 1. The van der Waals surface area contributed by atoms with Crippen molar-refractivity contribution in [3.05, 3.63) is 23.2 Å². The molecule has 0 fully saturated rings. The van der Waals surface area contributed by atoms with Crippen molar-refractivity contribution in [1.29, 1.82) is 0 Å². The predicted molar refractivity (Wildman–Crippen MR) is 68.1 cm³/mol. The largest absolute Gasteiger partial charge is 0.495 e. The third-order valence-corrected chi connectivity index (χ3v) is 2.85. The molecule has 1 aromatic carbocycles. The molecule has 0 aromatic heterocycles. The normalized spacial score (nSPS) is 12.0. The monoisotopic (exact) mass is 257 g/mol. The van der Waals surface area contributed by atoms with Gasteiger partial charge in [-0.25, -0.2) is 4.79 Å². The van der Waals surface area contributed by atoms with Crippen molar-refractivity contribution in [2.24, 2.45) is 0 Å². The Labute approximate surface area is 106 Å². The Balaban J connectivity index is 3.18. The van der Waals surface area contributed by atoms with Crippen LogP contribution in [0, 0.1) is 0 Å². The van der Waals surface area contributed by atoms with Gasteiger partial charge in [0.15, 0.2) is 0 Å². The minimum absolute atomic E-state index is 0.553. The molecule has 0 aliphatic rings. The summed E-state index contributed by atoms with van der Waals surface area (Å²) in [6.45, 7) is 4.08. The van der Waals surface area contributed by atoms with Gasteiger partial charge in [0.1, 0.15) is 11.8 Å². The van der Waals surface area contributed by atoms with Crippen LogP contribution in [0.4, 0.5) is 5.69 Å². The summed E-state index contributed by atoms with van der Waals surface area (Å²) in [6, 6.07) is 4.52. The molecule has 94 valence electrons. The molecule has 0 radical (unpaired) electrons. The van der Waals surface area contributed by atoms with Crippen LogP contribution in [0.1, 0.15) is 13.8 Å². The zero-order valence-corrected chi connectivity index (χ0v) is 10.9. The Bertz CT molecular complexity index is 409.